The van der Waals surface area contributed by atoms with Gasteiger partial charge in [-0.2, -0.15) is 0 Å². The van der Waals surface area contributed by atoms with Gasteiger partial charge in [0.1, 0.15) is 0 Å². The lowest BCUT2D eigenvalue weighted by Crippen LogP contribution is -2.63. The van der Waals surface area contributed by atoms with E-state index >= 15 is 0 Å². The highest BCUT2D eigenvalue weighted by atomic mass is 16.5. The second kappa shape index (κ2) is 5.38. The quantitative estimate of drug-likeness (QED) is 0.868. The minimum absolute atomic E-state index is 0.211. The van der Waals surface area contributed by atoms with E-state index in [2.05, 4.69) is 43.4 Å². The van der Waals surface area contributed by atoms with Gasteiger partial charge in [-0.25, -0.2) is 0 Å². The average Bonchev–Trinajstić information content (AvgIpc) is 2.90. The van der Waals surface area contributed by atoms with Gasteiger partial charge in [-0.1, -0.05) is 26.0 Å². The molecule has 1 heterocycles. The lowest BCUT2D eigenvalue weighted by atomic mass is 9.57. The molecular formula is C17H25NO2. The zero-order valence-electron chi connectivity index (χ0n) is 12.4. The Bertz CT molecular complexity index is 472. The maximum Gasteiger partial charge on any atom is 0.0694 e. The molecule has 3 nitrogen and oxygen atoms in total. The first kappa shape index (κ1) is 13.9. The molecule has 2 aliphatic rings. The molecule has 1 aliphatic carbocycles. The van der Waals surface area contributed by atoms with Crippen LogP contribution in [0.15, 0.2) is 24.3 Å². The van der Waals surface area contributed by atoms with Crippen molar-refractivity contribution in [2.45, 2.75) is 45.3 Å². The normalized spacial score (nSPS) is 30.6. The molecule has 1 saturated carbocycles. The van der Waals surface area contributed by atoms with E-state index in [4.69, 9.17) is 9.84 Å². The summed E-state index contributed by atoms with van der Waals surface area (Å²) in [7, 11) is 0. The number of benzene rings is 1. The second-order valence-corrected chi connectivity index (χ2v) is 6.71. The van der Waals surface area contributed by atoms with Crippen molar-refractivity contribution in [3.63, 3.8) is 0 Å². The maximum absolute atomic E-state index is 8.93. The molecule has 110 valence electrons. The van der Waals surface area contributed by atoms with E-state index in [-0.39, 0.29) is 12.0 Å². The summed E-state index contributed by atoms with van der Waals surface area (Å²) in [5.74, 6) is 0.658. The number of ether oxygens (including phenoxy) is 1. The first-order valence-corrected chi connectivity index (χ1v) is 7.71. The van der Waals surface area contributed by atoms with Crippen molar-refractivity contribution in [1.29, 1.82) is 0 Å². The Morgan fingerprint density at radius 2 is 2.25 bits per heavy atom. The maximum atomic E-state index is 8.93. The number of aliphatic hydroxyl groups excluding tert-OH is 1. The highest BCUT2D eigenvalue weighted by Crippen LogP contribution is 2.53. The summed E-state index contributed by atoms with van der Waals surface area (Å²) in [6, 6.07) is 9.09. The average molecular weight is 275 g/mol. The van der Waals surface area contributed by atoms with Crippen molar-refractivity contribution < 1.29 is 9.84 Å². The van der Waals surface area contributed by atoms with Gasteiger partial charge in [0.15, 0.2) is 0 Å². The van der Waals surface area contributed by atoms with Gasteiger partial charge in [-0.3, -0.25) is 0 Å². The van der Waals surface area contributed by atoms with Crippen molar-refractivity contribution in [2.24, 2.45) is 11.3 Å². The highest BCUT2D eigenvalue weighted by molar-refractivity contribution is 5.48. The number of hydrogen-bond donors (Lipinski definition) is 2. The van der Waals surface area contributed by atoms with Gasteiger partial charge in [-0.15, -0.1) is 0 Å². The van der Waals surface area contributed by atoms with Crippen LogP contribution in [0, 0.1) is 11.3 Å². The summed E-state index contributed by atoms with van der Waals surface area (Å²) in [4.78, 5) is 0. The Hall–Kier alpha value is -1.06. The largest absolute Gasteiger partial charge is 0.396 e. The molecular weight excluding hydrogens is 250 g/mol. The summed E-state index contributed by atoms with van der Waals surface area (Å²) in [6.45, 7) is 5.77. The number of nitrogens with one attached hydrogen (secondary N) is 1. The standard InChI is InChI=1S/C17H25NO2/c1-17(2)15(14-8-10-20-16(14)17)18-13-7-3-5-12(11-13)6-4-9-19/h3,5,7,11,14-16,18-19H,4,6,8-10H2,1-2H3. The lowest BCUT2D eigenvalue weighted by molar-refractivity contribution is -0.0923. The van der Waals surface area contributed by atoms with Gasteiger partial charge < -0.3 is 15.2 Å². The summed E-state index contributed by atoms with van der Waals surface area (Å²) >= 11 is 0. The zero-order valence-corrected chi connectivity index (χ0v) is 12.4. The van der Waals surface area contributed by atoms with E-state index in [9.17, 15) is 0 Å². The molecule has 1 aromatic rings. The number of anilines is 1. The Labute approximate surface area is 121 Å². The third-order valence-corrected chi connectivity index (χ3v) is 4.97. The SMILES string of the molecule is CC1(C)C(Nc2cccc(CCCO)c2)C2CCOC21. The predicted molar refractivity (Wildman–Crippen MR) is 80.9 cm³/mol. The predicted octanol–water partition coefficient (Wildman–Crippen LogP) is 2.84. The molecule has 3 atom stereocenters. The fourth-order valence-corrected chi connectivity index (χ4v) is 3.90. The van der Waals surface area contributed by atoms with E-state index < -0.39 is 0 Å². The third kappa shape index (κ3) is 2.33. The van der Waals surface area contributed by atoms with Crippen molar-refractivity contribution in [2.75, 3.05) is 18.5 Å². The molecule has 20 heavy (non-hydrogen) atoms. The van der Waals surface area contributed by atoms with Crippen LogP contribution in [0.25, 0.3) is 0 Å². The Morgan fingerprint density at radius 3 is 3.05 bits per heavy atom. The summed E-state index contributed by atoms with van der Waals surface area (Å²) in [6.07, 6.45) is 3.37. The molecule has 0 amide bonds. The molecule has 3 heteroatoms. The molecule has 1 saturated heterocycles. The van der Waals surface area contributed by atoms with Crippen LogP contribution in [0.5, 0.6) is 0 Å². The van der Waals surface area contributed by atoms with Crippen LogP contribution in [0.4, 0.5) is 5.69 Å². The Balaban J connectivity index is 1.68. The number of fused-ring (bicyclic) bond motifs is 1. The second-order valence-electron chi connectivity index (χ2n) is 6.71. The summed E-state index contributed by atoms with van der Waals surface area (Å²) in [5.41, 5.74) is 2.70. The zero-order chi connectivity index (χ0) is 14.2. The van der Waals surface area contributed by atoms with Gasteiger partial charge >= 0.3 is 0 Å². The molecule has 0 aromatic heterocycles. The monoisotopic (exact) mass is 275 g/mol. The fourth-order valence-electron chi connectivity index (χ4n) is 3.90. The van der Waals surface area contributed by atoms with Gasteiger partial charge in [0.25, 0.3) is 0 Å². The lowest BCUT2D eigenvalue weighted by Gasteiger charge is -2.55. The van der Waals surface area contributed by atoms with Crippen LogP contribution in [0.1, 0.15) is 32.3 Å². The van der Waals surface area contributed by atoms with Crippen molar-refractivity contribution in [3.05, 3.63) is 29.8 Å². The van der Waals surface area contributed by atoms with Crippen LogP contribution in [0.2, 0.25) is 0 Å². The molecule has 2 N–H and O–H groups in total. The Kier molecular flexibility index (Phi) is 3.74. The number of rotatable bonds is 5. The topological polar surface area (TPSA) is 41.5 Å². The molecule has 0 radical (unpaired) electrons. The molecule has 2 fully saturated rings. The van der Waals surface area contributed by atoms with Crippen LogP contribution >= 0.6 is 0 Å². The van der Waals surface area contributed by atoms with Gasteiger partial charge in [0.2, 0.25) is 0 Å². The van der Waals surface area contributed by atoms with E-state index in [1.165, 1.54) is 17.7 Å². The van der Waals surface area contributed by atoms with Crippen molar-refractivity contribution in [1.82, 2.24) is 0 Å². The number of aryl methyl sites for hydroxylation is 1. The van der Waals surface area contributed by atoms with Gasteiger partial charge in [0.05, 0.1) is 6.10 Å². The molecule has 0 bridgehead atoms. The number of aliphatic hydroxyl groups is 1. The van der Waals surface area contributed by atoms with E-state index in [0.717, 1.165) is 19.4 Å². The molecule has 0 spiro atoms. The van der Waals surface area contributed by atoms with E-state index in [0.29, 0.717) is 18.1 Å². The highest BCUT2D eigenvalue weighted by Gasteiger charge is 2.59. The minimum atomic E-state index is 0.211. The van der Waals surface area contributed by atoms with Crippen molar-refractivity contribution >= 4 is 5.69 Å². The summed E-state index contributed by atoms with van der Waals surface area (Å²) < 4.78 is 5.84. The van der Waals surface area contributed by atoms with Crippen molar-refractivity contribution in [3.8, 4) is 0 Å². The fraction of sp³-hybridized carbons (Fsp3) is 0.647. The van der Waals surface area contributed by atoms with E-state index in [1.807, 2.05) is 0 Å². The van der Waals surface area contributed by atoms with E-state index in [1.54, 1.807) is 0 Å². The number of hydrogen-bond acceptors (Lipinski definition) is 3. The first-order chi connectivity index (χ1) is 9.63. The smallest absolute Gasteiger partial charge is 0.0694 e. The van der Waals surface area contributed by atoms with Gasteiger partial charge in [-0.05, 0) is 37.0 Å². The Morgan fingerprint density at radius 1 is 1.40 bits per heavy atom. The van der Waals surface area contributed by atoms with Crippen LogP contribution in [-0.4, -0.2) is 30.5 Å². The molecule has 1 aromatic carbocycles. The minimum Gasteiger partial charge on any atom is -0.396 e. The van der Waals surface area contributed by atoms with Crippen LogP contribution < -0.4 is 5.32 Å². The third-order valence-electron chi connectivity index (χ3n) is 4.97. The van der Waals surface area contributed by atoms with Crippen LogP contribution in [-0.2, 0) is 11.2 Å². The summed E-state index contributed by atoms with van der Waals surface area (Å²) in [5, 5.41) is 12.6. The van der Waals surface area contributed by atoms with Crippen LogP contribution in [0.3, 0.4) is 0 Å². The molecule has 3 unspecified atom stereocenters. The van der Waals surface area contributed by atoms with Gasteiger partial charge in [0, 0.05) is 36.3 Å². The molecule has 1 aliphatic heterocycles. The molecule has 3 rings (SSSR count). The first-order valence-electron chi connectivity index (χ1n) is 7.71.